The van der Waals surface area contributed by atoms with Crippen LogP contribution in [0.2, 0.25) is 0 Å². The van der Waals surface area contributed by atoms with Crippen molar-refractivity contribution in [3.05, 3.63) is 29.8 Å². The van der Waals surface area contributed by atoms with E-state index in [1.54, 1.807) is 18.2 Å². The number of aliphatic carboxylic acids is 1. The van der Waals surface area contributed by atoms with Gasteiger partial charge in [-0.25, -0.2) is 13.2 Å². The van der Waals surface area contributed by atoms with Crippen LogP contribution in [0.15, 0.2) is 34.2 Å². The molecular formula is C12H12N2O4S. The first-order valence-corrected chi connectivity index (χ1v) is 7.40. The third-order valence-electron chi connectivity index (χ3n) is 3.25. The Hall–Kier alpha value is -1.89. The molecule has 0 spiro atoms. The second kappa shape index (κ2) is 4.06. The van der Waals surface area contributed by atoms with Gasteiger partial charge in [-0.15, -0.1) is 0 Å². The van der Waals surface area contributed by atoms with Crippen LogP contribution in [0.4, 0.5) is 0 Å². The van der Waals surface area contributed by atoms with Crippen LogP contribution >= 0.6 is 0 Å². The van der Waals surface area contributed by atoms with Crippen LogP contribution in [0, 0.1) is 5.92 Å². The molecule has 1 aliphatic heterocycles. The summed E-state index contributed by atoms with van der Waals surface area (Å²) in [4.78, 5) is 15.4. The minimum absolute atomic E-state index is 0.0160. The number of nitrogens with zero attached hydrogens (tertiary/aromatic N) is 1. The zero-order chi connectivity index (χ0) is 13.6. The first-order chi connectivity index (χ1) is 8.99. The molecule has 1 fully saturated rings. The summed E-state index contributed by atoms with van der Waals surface area (Å²) in [7, 11) is -3.61. The lowest BCUT2D eigenvalue weighted by Gasteiger charge is -2.07. The number of benzene rings is 1. The molecule has 1 heterocycles. The van der Waals surface area contributed by atoms with E-state index in [1.165, 1.54) is 6.07 Å². The average Bonchev–Trinajstić information content (AvgIpc) is 3.14. The summed E-state index contributed by atoms with van der Waals surface area (Å²) >= 11 is 0. The predicted octanol–water partition coefficient (Wildman–Crippen LogP) is 0.588. The fourth-order valence-corrected chi connectivity index (χ4v) is 3.38. The van der Waals surface area contributed by atoms with Gasteiger partial charge in [-0.1, -0.05) is 12.1 Å². The lowest BCUT2D eigenvalue weighted by molar-refractivity contribution is -0.138. The van der Waals surface area contributed by atoms with Gasteiger partial charge in [-0.3, -0.25) is 9.71 Å². The van der Waals surface area contributed by atoms with Gasteiger partial charge in [0.2, 0.25) is 0 Å². The van der Waals surface area contributed by atoms with Gasteiger partial charge in [0.1, 0.15) is 5.84 Å². The molecule has 2 N–H and O–H groups in total. The van der Waals surface area contributed by atoms with Crippen molar-refractivity contribution in [2.24, 2.45) is 10.9 Å². The Labute approximate surface area is 110 Å². The van der Waals surface area contributed by atoms with E-state index in [2.05, 4.69) is 9.71 Å². The Morgan fingerprint density at radius 1 is 1.37 bits per heavy atom. The van der Waals surface area contributed by atoms with Gasteiger partial charge >= 0.3 is 5.97 Å². The number of sulfonamides is 1. The average molecular weight is 280 g/mol. The molecule has 1 saturated carbocycles. The number of hydrogen-bond donors (Lipinski definition) is 2. The Morgan fingerprint density at radius 3 is 2.68 bits per heavy atom. The quantitative estimate of drug-likeness (QED) is 0.847. The number of hydrogen-bond acceptors (Lipinski definition) is 4. The molecule has 7 heteroatoms. The molecule has 2 aliphatic rings. The van der Waals surface area contributed by atoms with E-state index in [1.807, 2.05) is 0 Å². The van der Waals surface area contributed by atoms with Gasteiger partial charge in [-0.05, 0) is 30.9 Å². The summed E-state index contributed by atoms with van der Waals surface area (Å²) < 4.78 is 26.0. The van der Waals surface area contributed by atoms with Gasteiger partial charge in [0.25, 0.3) is 10.0 Å². The minimum atomic E-state index is -3.61. The zero-order valence-corrected chi connectivity index (χ0v) is 10.7. The summed E-state index contributed by atoms with van der Waals surface area (Å²) in [6.45, 7) is 0. The van der Waals surface area contributed by atoms with Crippen LogP contribution in [-0.2, 0) is 14.8 Å². The highest BCUT2D eigenvalue weighted by Gasteiger charge is 2.38. The molecule has 1 aromatic rings. The monoisotopic (exact) mass is 280 g/mol. The largest absolute Gasteiger partial charge is 0.480 e. The molecular weight excluding hydrogens is 268 g/mol. The van der Waals surface area contributed by atoms with Crippen molar-refractivity contribution in [3.63, 3.8) is 0 Å². The summed E-state index contributed by atoms with van der Waals surface area (Å²) in [5.74, 6) is -0.865. The van der Waals surface area contributed by atoms with Crippen LogP contribution in [0.5, 0.6) is 0 Å². The molecule has 0 radical (unpaired) electrons. The van der Waals surface area contributed by atoms with Crippen LogP contribution in [0.25, 0.3) is 0 Å². The molecule has 1 aliphatic carbocycles. The number of aliphatic imine (C=N–C) groups is 1. The second-order valence-corrected chi connectivity index (χ2v) is 6.35. The first-order valence-electron chi connectivity index (χ1n) is 5.92. The van der Waals surface area contributed by atoms with Crippen molar-refractivity contribution in [1.29, 1.82) is 0 Å². The Morgan fingerprint density at radius 2 is 2.05 bits per heavy atom. The highest BCUT2D eigenvalue weighted by atomic mass is 32.2. The number of carboxylic acid groups (broad SMARTS) is 1. The molecule has 3 rings (SSSR count). The lowest BCUT2D eigenvalue weighted by atomic mass is 10.1. The first kappa shape index (κ1) is 12.2. The summed E-state index contributed by atoms with van der Waals surface area (Å²) in [6, 6.07) is 5.55. The van der Waals surface area contributed by atoms with E-state index in [4.69, 9.17) is 5.11 Å². The van der Waals surface area contributed by atoms with Crippen molar-refractivity contribution in [3.8, 4) is 0 Å². The maximum atomic E-state index is 11.9. The van der Waals surface area contributed by atoms with Crippen LogP contribution in [0.3, 0.4) is 0 Å². The third-order valence-corrected chi connectivity index (χ3v) is 4.65. The standard InChI is InChI=1S/C12H12N2O4S/c15-12(16)10(7-5-6-7)13-11-8-3-1-2-4-9(8)19(17,18)14-11/h1-4,7,10H,5-6H2,(H,13,14)(H,15,16). The maximum absolute atomic E-state index is 11.9. The minimum Gasteiger partial charge on any atom is -0.480 e. The Kier molecular flexibility index (Phi) is 2.60. The number of fused-ring (bicyclic) bond motifs is 1. The summed E-state index contributed by atoms with van der Waals surface area (Å²) in [5, 5.41) is 9.14. The number of nitrogens with one attached hydrogen (secondary N) is 1. The Bertz CT molecular complexity index is 677. The van der Waals surface area contributed by atoms with Crippen LogP contribution in [0.1, 0.15) is 18.4 Å². The van der Waals surface area contributed by atoms with E-state index < -0.39 is 22.0 Å². The van der Waals surface area contributed by atoms with E-state index in [0.717, 1.165) is 12.8 Å². The maximum Gasteiger partial charge on any atom is 0.328 e. The smallest absolute Gasteiger partial charge is 0.328 e. The van der Waals surface area contributed by atoms with E-state index in [-0.39, 0.29) is 16.6 Å². The Balaban J connectivity index is 2.05. The fraction of sp³-hybridized carbons (Fsp3) is 0.333. The van der Waals surface area contributed by atoms with Gasteiger partial charge < -0.3 is 5.11 Å². The second-order valence-electron chi connectivity index (χ2n) is 4.70. The molecule has 1 atom stereocenters. The highest BCUT2D eigenvalue weighted by Crippen LogP contribution is 2.35. The van der Waals surface area contributed by atoms with E-state index in [9.17, 15) is 13.2 Å². The molecule has 100 valence electrons. The van der Waals surface area contributed by atoms with Crippen molar-refractivity contribution in [2.45, 2.75) is 23.8 Å². The van der Waals surface area contributed by atoms with Crippen molar-refractivity contribution < 1.29 is 18.3 Å². The molecule has 0 amide bonds. The number of rotatable bonds is 3. The van der Waals surface area contributed by atoms with Gasteiger partial charge in [0.15, 0.2) is 6.04 Å². The fourth-order valence-electron chi connectivity index (χ4n) is 2.14. The van der Waals surface area contributed by atoms with Crippen molar-refractivity contribution in [2.75, 3.05) is 0 Å². The lowest BCUT2D eigenvalue weighted by Crippen LogP contribution is -2.28. The van der Waals surface area contributed by atoms with E-state index in [0.29, 0.717) is 5.56 Å². The SMILES string of the molecule is O=C(O)C(N=C1NS(=O)(=O)c2ccccc21)C1CC1. The molecule has 19 heavy (non-hydrogen) atoms. The van der Waals surface area contributed by atoms with Gasteiger partial charge in [-0.2, -0.15) is 0 Å². The third kappa shape index (κ3) is 2.10. The van der Waals surface area contributed by atoms with Crippen molar-refractivity contribution >= 4 is 21.8 Å². The molecule has 6 nitrogen and oxygen atoms in total. The summed E-state index contributed by atoms with van der Waals surface area (Å²) in [6.07, 6.45) is 1.64. The predicted molar refractivity (Wildman–Crippen MR) is 67.4 cm³/mol. The summed E-state index contributed by atoms with van der Waals surface area (Å²) in [5.41, 5.74) is 0.439. The number of amidine groups is 1. The van der Waals surface area contributed by atoms with Gasteiger partial charge in [0, 0.05) is 5.56 Å². The van der Waals surface area contributed by atoms with Crippen molar-refractivity contribution in [1.82, 2.24) is 4.72 Å². The molecule has 1 unspecified atom stereocenters. The number of carboxylic acids is 1. The molecule has 0 bridgehead atoms. The van der Waals surface area contributed by atoms with Crippen LogP contribution < -0.4 is 4.72 Å². The topological polar surface area (TPSA) is 95.8 Å². The van der Waals surface area contributed by atoms with Crippen LogP contribution in [-0.4, -0.2) is 31.4 Å². The number of carbonyl (C=O) groups is 1. The molecule has 1 aromatic carbocycles. The molecule has 0 saturated heterocycles. The molecule has 0 aromatic heterocycles. The van der Waals surface area contributed by atoms with E-state index >= 15 is 0 Å². The highest BCUT2D eigenvalue weighted by molar-refractivity contribution is 7.90. The van der Waals surface area contributed by atoms with Gasteiger partial charge in [0.05, 0.1) is 4.90 Å². The normalized spacial score (nSPS) is 23.7. The zero-order valence-electron chi connectivity index (χ0n) is 9.91.